The fraction of sp³-hybridized carbons (Fsp3) is 0.400. The minimum Gasteiger partial charge on any atom is -0.478 e. The molecule has 0 aromatic carbocycles. The van der Waals surface area contributed by atoms with Crippen molar-refractivity contribution >= 4 is 5.97 Å². The molecular weight excluding hydrogens is 258 g/mol. The van der Waals surface area contributed by atoms with E-state index in [1.54, 1.807) is 0 Å². The Balaban J connectivity index is 2.83. The largest absolute Gasteiger partial charge is 0.478 e. The number of carboxylic acids is 1. The fourth-order valence-corrected chi connectivity index (χ4v) is 1.07. The van der Waals surface area contributed by atoms with Crippen LogP contribution in [0.25, 0.3) is 0 Å². The van der Waals surface area contributed by atoms with Gasteiger partial charge in [-0.05, 0) is 13.0 Å². The number of pyridine rings is 1. The zero-order valence-electron chi connectivity index (χ0n) is 9.16. The molecule has 0 bridgehead atoms. The molecule has 0 saturated carbocycles. The van der Waals surface area contributed by atoms with Crippen LogP contribution in [0.3, 0.4) is 0 Å². The number of nitrogens with zero attached hydrogens (tertiary/aromatic N) is 1. The number of ether oxygens (including phenoxy) is 1. The Hall–Kier alpha value is -1.86. The first kappa shape index (κ1) is 14.2. The average molecular weight is 267 g/mol. The molecule has 0 spiro atoms. The molecular formula is C10H9F4NO3. The van der Waals surface area contributed by atoms with Gasteiger partial charge in [-0.1, -0.05) is 0 Å². The predicted molar refractivity (Wildman–Crippen MR) is 52.4 cm³/mol. The maximum absolute atomic E-state index is 12.6. The van der Waals surface area contributed by atoms with Gasteiger partial charge in [0.15, 0.2) is 6.61 Å². The highest BCUT2D eigenvalue weighted by molar-refractivity contribution is 5.87. The van der Waals surface area contributed by atoms with Crippen molar-refractivity contribution in [2.75, 3.05) is 6.61 Å². The molecule has 8 heteroatoms. The van der Waals surface area contributed by atoms with Gasteiger partial charge in [0, 0.05) is 11.8 Å². The molecule has 0 amide bonds. The van der Waals surface area contributed by atoms with Crippen LogP contribution in [0.2, 0.25) is 0 Å². The SMILES string of the molecule is Cc1cc(C(=O)O)cc(OCC(F)(F)C(F)F)n1. The number of rotatable bonds is 5. The second kappa shape index (κ2) is 5.19. The minimum absolute atomic E-state index is 0.213. The Bertz CT molecular complexity index is 451. The van der Waals surface area contributed by atoms with E-state index in [0.717, 1.165) is 6.07 Å². The molecule has 0 aliphatic carbocycles. The van der Waals surface area contributed by atoms with E-state index in [2.05, 4.69) is 9.72 Å². The summed E-state index contributed by atoms with van der Waals surface area (Å²) in [7, 11) is 0. The quantitative estimate of drug-likeness (QED) is 0.832. The summed E-state index contributed by atoms with van der Waals surface area (Å²) in [6.45, 7) is -0.148. The van der Waals surface area contributed by atoms with Crippen molar-refractivity contribution in [1.82, 2.24) is 4.98 Å². The van der Waals surface area contributed by atoms with Crippen LogP contribution in [0.5, 0.6) is 5.88 Å². The molecule has 1 heterocycles. The van der Waals surface area contributed by atoms with Gasteiger partial charge in [-0.2, -0.15) is 8.78 Å². The maximum atomic E-state index is 12.6. The van der Waals surface area contributed by atoms with Crippen LogP contribution in [0, 0.1) is 6.92 Å². The molecule has 1 N–H and O–H groups in total. The lowest BCUT2D eigenvalue weighted by molar-refractivity contribution is -0.148. The van der Waals surface area contributed by atoms with E-state index in [-0.39, 0.29) is 11.3 Å². The minimum atomic E-state index is -4.31. The fourth-order valence-electron chi connectivity index (χ4n) is 1.07. The maximum Gasteiger partial charge on any atom is 0.340 e. The number of carboxylic acid groups (broad SMARTS) is 1. The van der Waals surface area contributed by atoms with Gasteiger partial charge in [-0.3, -0.25) is 0 Å². The van der Waals surface area contributed by atoms with Gasteiger partial charge in [0.25, 0.3) is 0 Å². The molecule has 0 fully saturated rings. The highest BCUT2D eigenvalue weighted by Gasteiger charge is 2.41. The molecule has 0 aliphatic heterocycles. The van der Waals surface area contributed by atoms with E-state index >= 15 is 0 Å². The topological polar surface area (TPSA) is 59.4 Å². The van der Waals surface area contributed by atoms with Crippen molar-refractivity contribution in [1.29, 1.82) is 0 Å². The first-order valence-corrected chi connectivity index (χ1v) is 4.73. The Labute approximate surface area is 99.2 Å². The van der Waals surface area contributed by atoms with Gasteiger partial charge in [-0.15, -0.1) is 0 Å². The number of aryl methyl sites for hydroxylation is 1. The summed E-state index contributed by atoms with van der Waals surface area (Å²) >= 11 is 0. The molecule has 1 rings (SSSR count). The van der Waals surface area contributed by atoms with Crippen LogP contribution in [-0.4, -0.2) is 35.0 Å². The molecule has 1 aromatic rings. The second-order valence-corrected chi connectivity index (χ2v) is 3.49. The van der Waals surface area contributed by atoms with E-state index in [0.29, 0.717) is 0 Å². The number of aromatic nitrogens is 1. The third-order valence-electron chi connectivity index (χ3n) is 1.91. The molecule has 0 atom stereocenters. The Morgan fingerprint density at radius 2 is 2.11 bits per heavy atom. The smallest absolute Gasteiger partial charge is 0.340 e. The van der Waals surface area contributed by atoms with Crippen molar-refractivity contribution in [2.45, 2.75) is 19.3 Å². The van der Waals surface area contributed by atoms with Crippen LogP contribution in [0.1, 0.15) is 16.1 Å². The summed E-state index contributed by atoms with van der Waals surface area (Å²) in [4.78, 5) is 14.3. The Kier molecular flexibility index (Phi) is 4.10. The van der Waals surface area contributed by atoms with Gasteiger partial charge in [-0.25, -0.2) is 18.6 Å². The summed E-state index contributed by atoms with van der Waals surface area (Å²) in [5, 5.41) is 8.70. The Morgan fingerprint density at radius 3 is 2.61 bits per heavy atom. The third kappa shape index (κ3) is 3.57. The van der Waals surface area contributed by atoms with Crippen LogP contribution < -0.4 is 4.74 Å². The Morgan fingerprint density at radius 1 is 1.50 bits per heavy atom. The zero-order valence-corrected chi connectivity index (χ0v) is 9.16. The van der Waals surface area contributed by atoms with E-state index in [9.17, 15) is 22.4 Å². The first-order valence-electron chi connectivity index (χ1n) is 4.73. The van der Waals surface area contributed by atoms with Crippen molar-refractivity contribution < 1.29 is 32.2 Å². The highest BCUT2D eigenvalue weighted by Crippen LogP contribution is 2.24. The number of halogens is 4. The summed E-state index contributed by atoms with van der Waals surface area (Å²) in [5.74, 6) is -6.05. The van der Waals surface area contributed by atoms with E-state index in [4.69, 9.17) is 5.11 Å². The lowest BCUT2D eigenvalue weighted by Crippen LogP contribution is -2.34. The van der Waals surface area contributed by atoms with E-state index in [1.807, 2.05) is 0 Å². The van der Waals surface area contributed by atoms with Gasteiger partial charge >= 0.3 is 18.3 Å². The monoisotopic (exact) mass is 267 g/mol. The molecule has 18 heavy (non-hydrogen) atoms. The standard InChI is InChI=1S/C10H9F4NO3/c1-5-2-6(8(16)17)3-7(15-5)18-4-10(13,14)9(11)12/h2-3,9H,4H2,1H3,(H,16,17). The number of aromatic carboxylic acids is 1. The zero-order chi connectivity index (χ0) is 13.9. The lowest BCUT2D eigenvalue weighted by Gasteiger charge is -2.15. The molecule has 0 saturated heterocycles. The molecule has 0 unspecified atom stereocenters. The highest BCUT2D eigenvalue weighted by atomic mass is 19.3. The normalized spacial score (nSPS) is 11.7. The number of hydrogen-bond acceptors (Lipinski definition) is 3. The predicted octanol–water partition coefficient (Wildman–Crippen LogP) is 2.37. The molecule has 0 radical (unpaired) electrons. The van der Waals surface area contributed by atoms with E-state index < -0.39 is 30.8 Å². The van der Waals surface area contributed by atoms with Crippen molar-refractivity contribution in [3.05, 3.63) is 23.4 Å². The van der Waals surface area contributed by atoms with Crippen molar-refractivity contribution in [2.24, 2.45) is 0 Å². The number of alkyl halides is 4. The summed E-state index contributed by atoms with van der Waals surface area (Å²) < 4.78 is 53.3. The van der Waals surface area contributed by atoms with Gasteiger partial charge in [0.05, 0.1) is 5.56 Å². The van der Waals surface area contributed by atoms with Crippen LogP contribution in [0.15, 0.2) is 12.1 Å². The molecule has 100 valence electrons. The van der Waals surface area contributed by atoms with Crippen LogP contribution in [0.4, 0.5) is 17.6 Å². The van der Waals surface area contributed by atoms with Crippen LogP contribution >= 0.6 is 0 Å². The number of hydrogen-bond donors (Lipinski definition) is 1. The molecule has 1 aromatic heterocycles. The van der Waals surface area contributed by atoms with Gasteiger partial charge < -0.3 is 9.84 Å². The average Bonchev–Trinajstić information content (AvgIpc) is 2.25. The molecule has 4 nitrogen and oxygen atoms in total. The van der Waals surface area contributed by atoms with Gasteiger partial charge in [0.1, 0.15) is 0 Å². The summed E-state index contributed by atoms with van der Waals surface area (Å²) in [5.41, 5.74) is -0.0110. The second-order valence-electron chi connectivity index (χ2n) is 3.49. The number of carbonyl (C=O) groups is 1. The van der Waals surface area contributed by atoms with Crippen molar-refractivity contribution in [3.8, 4) is 5.88 Å². The third-order valence-corrected chi connectivity index (χ3v) is 1.91. The van der Waals surface area contributed by atoms with Crippen LogP contribution in [-0.2, 0) is 0 Å². The van der Waals surface area contributed by atoms with E-state index in [1.165, 1.54) is 13.0 Å². The summed E-state index contributed by atoms with van der Waals surface area (Å²) in [6.07, 6.45) is -3.86. The van der Waals surface area contributed by atoms with Crippen molar-refractivity contribution in [3.63, 3.8) is 0 Å². The summed E-state index contributed by atoms with van der Waals surface area (Å²) in [6, 6.07) is 2.08. The first-order chi connectivity index (χ1) is 8.22. The van der Waals surface area contributed by atoms with Gasteiger partial charge in [0.2, 0.25) is 5.88 Å². The lowest BCUT2D eigenvalue weighted by atomic mass is 10.2. The molecule has 0 aliphatic rings.